The Labute approximate surface area is 231 Å². The van der Waals surface area contributed by atoms with Crippen molar-refractivity contribution in [1.29, 1.82) is 0 Å². The van der Waals surface area contributed by atoms with Gasteiger partial charge in [-0.3, -0.25) is 13.9 Å². The molecule has 208 valence electrons. The maximum Gasteiger partial charge on any atom is 0.264 e. The summed E-state index contributed by atoms with van der Waals surface area (Å²) in [5.74, 6) is -0.202. The van der Waals surface area contributed by atoms with Crippen molar-refractivity contribution in [3.05, 3.63) is 90.0 Å². The fourth-order valence-corrected chi connectivity index (χ4v) is 5.54. The third-order valence-electron chi connectivity index (χ3n) is 6.20. The minimum absolute atomic E-state index is 0.0608. The van der Waals surface area contributed by atoms with Gasteiger partial charge in [0.05, 0.1) is 17.2 Å². The molecule has 0 unspecified atom stereocenters. The fourth-order valence-electron chi connectivity index (χ4n) is 4.11. The van der Waals surface area contributed by atoms with Crippen molar-refractivity contribution >= 4 is 27.5 Å². The monoisotopic (exact) mass is 551 g/mol. The van der Waals surface area contributed by atoms with E-state index in [-0.39, 0.29) is 17.3 Å². The van der Waals surface area contributed by atoms with Crippen LogP contribution in [0, 0.1) is 6.92 Å². The molecule has 0 aromatic heterocycles. The summed E-state index contributed by atoms with van der Waals surface area (Å²) in [7, 11) is -4.10. The van der Waals surface area contributed by atoms with Crippen LogP contribution >= 0.6 is 0 Å². The molecule has 3 rings (SSSR count). The molecule has 0 saturated carbocycles. The van der Waals surface area contributed by atoms with Gasteiger partial charge in [-0.15, -0.1) is 0 Å². The molecule has 0 aliphatic rings. The van der Waals surface area contributed by atoms with E-state index in [4.69, 9.17) is 4.74 Å². The predicted octanol–water partition coefficient (Wildman–Crippen LogP) is 4.53. The van der Waals surface area contributed by atoms with Crippen LogP contribution in [0.4, 0.5) is 5.69 Å². The number of hydrogen-bond acceptors (Lipinski definition) is 5. The second-order valence-corrected chi connectivity index (χ2v) is 11.1. The third kappa shape index (κ3) is 7.83. The van der Waals surface area contributed by atoms with E-state index in [1.807, 2.05) is 45.0 Å². The molecule has 9 heteroatoms. The number of carbonyl (C=O) groups excluding carboxylic acids is 2. The molecular formula is C30H37N3O5S. The number of rotatable bonds is 13. The first-order valence-electron chi connectivity index (χ1n) is 13.1. The number of nitrogens with zero attached hydrogens (tertiary/aromatic N) is 2. The van der Waals surface area contributed by atoms with Crippen molar-refractivity contribution < 1.29 is 22.7 Å². The summed E-state index contributed by atoms with van der Waals surface area (Å²) in [4.78, 5) is 28.3. The van der Waals surface area contributed by atoms with Crippen LogP contribution in [0.25, 0.3) is 0 Å². The standard InChI is InChI=1S/C30H37N3O5S/c1-5-19-31-30(35)24(4)32(21-25-12-10-11-23(3)20-25)29(34)22-33(26-15-17-27(18-16-26)38-6-2)39(36,37)28-13-8-7-9-14-28/h7-18,20,24H,5-6,19,21-22H2,1-4H3,(H,31,35)/t24-/m1/s1. The van der Waals surface area contributed by atoms with Crippen LogP contribution in [-0.2, 0) is 26.2 Å². The molecule has 39 heavy (non-hydrogen) atoms. The highest BCUT2D eigenvalue weighted by molar-refractivity contribution is 7.92. The Morgan fingerprint density at radius 2 is 1.64 bits per heavy atom. The number of anilines is 1. The Balaban J connectivity index is 2.01. The number of benzene rings is 3. The quantitative estimate of drug-likeness (QED) is 0.337. The van der Waals surface area contributed by atoms with E-state index in [0.29, 0.717) is 24.6 Å². The zero-order valence-electron chi connectivity index (χ0n) is 23.0. The Hall–Kier alpha value is -3.85. The Bertz CT molecular complexity index is 1340. The predicted molar refractivity (Wildman–Crippen MR) is 153 cm³/mol. The summed E-state index contributed by atoms with van der Waals surface area (Å²) in [6.45, 7) is 8.04. The molecule has 1 N–H and O–H groups in total. The largest absolute Gasteiger partial charge is 0.494 e. The molecular weight excluding hydrogens is 514 g/mol. The molecule has 0 spiro atoms. The van der Waals surface area contributed by atoms with E-state index >= 15 is 0 Å². The van der Waals surface area contributed by atoms with Gasteiger partial charge in [0.15, 0.2) is 0 Å². The molecule has 0 radical (unpaired) electrons. The maximum absolute atomic E-state index is 13.9. The average molecular weight is 552 g/mol. The number of carbonyl (C=O) groups is 2. The summed E-state index contributed by atoms with van der Waals surface area (Å²) in [6.07, 6.45) is 0.755. The lowest BCUT2D eigenvalue weighted by Gasteiger charge is -2.32. The molecule has 0 aliphatic carbocycles. The lowest BCUT2D eigenvalue weighted by Crippen LogP contribution is -2.51. The first-order valence-corrected chi connectivity index (χ1v) is 14.5. The van der Waals surface area contributed by atoms with Gasteiger partial charge in [0.2, 0.25) is 11.8 Å². The number of ether oxygens (including phenoxy) is 1. The number of nitrogens with one attached hydrogen (secondary N) is 1. The molecule has 8 nitrogen and oxygen atoms in total. The SMILES string of the molecule is CCCNC(=O)[C@@H](C)N(Cc1cccc(C)c1)C(=O)CN(c1ccc(OCC)cc1)S(=O)(=O)c1ccccc1. The van der Waals surface area contributed by atoms with Crippen LogP contribution in [0.1, 0.15) is 38.3 Å². The molecule has 0 aliphatic heterocycles. The van der Waals surface area contributed by atoms with E-state index < -0.39 is 28.5 Å². The Kier molecular flexibility index (Phi) is 10.5. The highest BCUT2D eigenvalue weighted by Crippen LogP contribution is 2.26. The van der Waals surface area contributed by atoms with Crippen LogP contribution in [0.15, 0.2) is 83.8 Å². The molecule has 2 amide bonds. The number of amides is 2. The van der Waals surface area contributed by atoms with E-state index in [2.05, 4.69) is 5.32 Å². The van der Waals surface area contributed by atoms with Crippen molar-refractivity contribution in [2.24, 2.45) is 0 Å². The Morgan fingerprint density at radius 1 is 0.949 bits per heavy atom. The van der Waals surface area contributed by atoms with Crippen LogP contribution in [-0.4, -0.2) is 50.9 Å². The topological polar surface area (TPSA) is 96.0 Å². The van der Waals surface area contributed by atoms with Crippen molar-refractivity contribution in [3.8, 4) is 5.75 Å². The smallest absolute Gasteiger partial charge is 0.264 e. The summed E-state index contributed by atoms with van der Waals surface area (Å²) in [6, 6.07) is 21.4. The van der Waals surface area contributed by atoms with Gasteiger partial charge in [-0.1, -0.05) is 55.0 Å². The fraction of sp³-hybridized carbons (Fsp3) is 0.333. The Morgan fingerprint density at radius 3 is 2.26 bits per heavy atom. The van der Waals surface area contributed by atoms with Gasteiger partial charge in [-0.05, 0) is 69.2 Å². The molecule has 0 saturated heterocycles. The van der Waals surface area contributed by atoms with Gasteiger partial charge in [0.1, 0.15) is 18.3 Å². The van der Waals surface area contributed by atoms with E-state index in [1.54, 1.807) is 49.4 Å². The lowest BCUT2D eigenvalue weighted by atomic mass is 10.1. The third-order valence-corrected chi connectivity index (χ3v) is 7.99. The zero-order valence-corrected chi connectivity index (χ0v) is 23.8. The van der Waals surface area contributed by atoms with Crippen molar-refractivity contribution in [3.63, 3.8) is 0 Å². The van der Waals surface area contributed by atoms with E-state index in [1.165, 1.54) is 17.0 Å². The average Bonchev–Trinajstić information content (AvgIpc) is 2.94. The van der Waals surface area contributed by atoms with Crippen molar-refractivity contribution in [2.75, 3.05) is 24.0 Å². The molecule has 0 fully saturated rings. The van der Waals surface area contributed by atoms with Gasteiger partial charge in [-0.2, -0.15) is 0 Å². The maximum atomic E-state index is 13.9. The second-order valence-electron chi connectivity index (χ2n) is 9.23. The minimum atomic E-state index is -4.10. The van der Waals surface area contributed by atoms with Gasteiger partial charge in [-0.25, -0.2) is 8.42 Å². The van der Waals surface area contributed by atoms with Crippen molar-refractivity contribution in [2.45, 2.75) is 51.6 Å². The van der Waals surface area contributed by atoms with Gasteiger partial charge in [0, 0.05) is 13.1 Å². The van der Waals surface area contributed by atoms with Gasteiger partial charge < -0.3 is 15.0 Å². The van der Waals surface area contributed by atoms with E-state index in [0.717, 1.165) is 21.9 Å². The molecule has 0 bridgehead atoms. The van der Waals surface area contributed by atoms with Crippen LogP contribution < -0.4 is 14.4 Å². The molecule has 3 aromatic carbocycles. The first-order chi connectivity index (χ1) is 18.7. The van der Waals surface area contributed by atoms with Gasteiger partial charge >= 0.3 is 0 Å². The number of sulfonamides is 1. The van der Waals surface area contributed by atoms with Crippen LogP contribution in [0.5, 0.6) is 5.75 Å². The second kappa shape index (κ2) is 13.8. The van der Waals surface area contributed by atoms with Gasteiger partial charge in [0.25, 0.3) is 10.0 Å². The summed E-state index contributed by atoms with van der Waals surface area (Å²) < 4.78 is 34.2. The summed E-state index contributed by atoms with van der Waals surface area (Å²) in [5, 5.41) is 2.85. The zero-order chi connectivity index (χ0) is 28.4. The van der Waals surface area contributed by atoms with Crippen LogP contribution in [0.2, 0.25) is 0 Å². The summed E-state index contributed by atoms with van der Waals surface area (Å²) in [5.41, 5.74) is 2.18. The van der Waals surface area contributed by atoms with Crippen LogP contribution in [0.3, 0.4) is 0 Å². The van der Waals surface area contributed by atoms with E-state index in [9.17, 15) is 18.0 Å². The molecule has 1 atom stereocenters. The lowest BCUT2D eigenvalue weighted by molar-refractivity contribution is -0.139. The first kappa shape index (κ1) is 29.7. The van der Waals surface area contributed by atoms with Crippen molar-refractivity contribution in [1.82, 2.24) is 10.2 Å². The number of aryl methyl sites for hydroxylation is 1. The number of hydrogen-bond donors (Lipinski definition) is 1. The normalized spacial score (nSPS) is 11.9. The highest BCUT2D eigenvalue weighted by Gasteiger charge is 2.32. The highest BCUT2D eigenvalue weighted by atomic mass is 32.2. The molecule has 3 aromatic rings. The molecule has 0 heterocycles. The minimum Gasteiger partial charge on any atom is -0.494 e. The summed E-state index contributed by atoms with van der Waals surface area (Å²) >= 11 is 0.